The fraction of sp³-hybridized carbons (Fsp3) is 0.400. The summed E-state index contributed by atoms with van der Waals surface area (Å²) in [6.45, 7) is 3.22. The number of likely N-dealkylation sites (N-methyl/N-ethyl adjacent to an activating group) is 1. The van der Waals surface area contributed by atoms with Gasteiger partial charge in [0.15, 0.2) is 0 Å². The second kappa shape index (κ2) is 5.57. The SMILES string of the molecule is CN1CCC(NCc2ccc(Br)c3cccnc23)C1. The van der Waals surface area contributed by atoms with E-state index in [9.17, 15) is 0 Å². The third-order valence-electron chi connectivity index (χ3n) is 3.77. The number of halogens is 1. The van der Waals surface area contributed by atoms with Crippen molar-refractivity contribution < 1.29 is 0 Å². The fourth-order valence-corrected chi connectivity index (χ4v) is 3.15. The van der Waals surface area contributed by atoms with E-state index in [0.29, 0.717) is 6.04 Å². The Balaban J connectivity index is 1.79. The van der Waals surface area contributed by atoms with Crippen LogP contribution in [0.15, 0.2) is 34.9 Å². The Morgan fingerprint density at radius 2 is 2.32 bits per heavy atom. The summed E-state index contributed by atoms with van der Waals surface area (Å²) in [5, 5.41) is 4.83. The summed E-state index contributed by atoms with van der Waals surface area (Å²) in [5.74, 6) is 0. The Hall–Kier alpha value is -0.970. The van der Waals surface area contributed by atoms with Gasteiger partial charge in [-0.15, -0.1) is 0 Å². The van der Waals surface area contributed by atoms with Gasteiger partial charge in [0.25, 0.3) is 0 Å². The standard InChI is InChI=1S/C15H18BrN3/c1-19-8-6-12(10-19)18-9-11-4-5-14(16)13-3-2-7-17-15(11)13/h2-5,7,12,18H,6,8-10H2,1H3. The van der Waals surface area contributed by atoms with Crippen molar-refractivity contribution >= 4 is 26.8 Å². The van der Waals surface area contributed by atoms with Gasteiger partial charge in [-0.1, -0.05) is 28.1 Å². The van der Waals surface area contributed by atoms with Crippen LogP contribution in [0.5, 0.6) is 0 Å². The normalized spacial score (nSPS) is 20.2. The van der Waals surface area contributed by atoms with Crippen LogP contribution < -0.4 is 5.32 Å². The second-order valence-corrected chi connectivity index (χ2v) is 6.09. The van der Waals surface area contributed by atoms with Gasteiger partial charge >= 0.3 is 0 Å². The molecule has 2 aromatic rings. The quantitative estimate of drug-likeness (QED) is 0.943. The molecule has 1 fully saturated rings. The van der Waals surface area contributed by atoms with Gasteiger partial charge in [-0.3, -0.25) is 4.98 Å². The predicted octanol–water partition coefficient (Wildman–Crippen LogP) is 2.79. The largest absolute Gasteiger partial charge is 0.309 e. The van der Waals surface area contributed by atoms with E-state index >= 15 is 0 Å². The molecule has 0 aliphatic carbocycles. The van der Waals surface area contributed by atoms with Crippen molar-refractivity contribution in [2.24, 2.45) is 0 Å². The lowest BCUT2D eigenvalue weighted by Gasteiger charge is -2.14. The Labute approximate surface area is 122 Å². The molecule has 19 heavy (non-hydrogen) atoms. The molecule has 0 radical (unpaired) electrons. The minimum Gasteiger partial charge on any atom is -0.309 e. The van der Waals surface area contributed by atoms with Crippen LogP contribution in [0.1, 0.15) is 12.0 Å². The van der Waals surface area contributed by atoms with Crippen LogP contribution in [-0.4, -0.2) is 36.1 Å². The summed E-state index contributed by atoms with van der Waals surface area (Å²) in [7, 11) is 2.18. The smallest absolute Gasteiger partial charge is 0.0758 e. The lowest BCUT2D eigenvalue weighted by Crippen LogP contribution is -2.31. The number of pyridine rings is 1. The lowest BCUT2D eigenvalue weighted by molar-refractivity contribution is 0.398. The summed E-state index contributed by atoms with van der Waals surface area (Å²) in [6.07, 6.45) is 3.10. The number of hydrogen-bond acceptors (Lipinski definition) is 3. The summed E-state index contributed by atoms with van der Waals surface area (Å²) >= 11 is 3.59. The van der Waals surface area contributed by atoms with E-state index in [-0.39, 0.29) is 0 Å². The van der Waals surface area contributed by atoms with Crippen molar-refractivity contribution in [3.05, 3.63) is 40.5 Å². The first kappa shape index (κ1) is 13.0. The maximum absolute atomic E-state index is 4.52. The molecular weight excluding hydrogens is 302 g/mol. The highest BCUT2D eigenvalue weighted by Gasteiger charge is 2.18. The van der Waals surface area contributed by atoms with E-state index in [0.717, 1.165) is 23.1 Å². The molecule has 1 aliphatic rings. The van der Waals surface area contributed by atoms with E-state index in [2.05, 4.69) is 56.4 Å². The summed E-state index contributed by atoms with van der Waals surface area (Å²) in [6, 6.07) is 8.97. The molecule has 1 aromatic carbocycles. The zero-order valence-electron chi connectivity index (χ0n) is 11.1. The number of likely N-dealkylation sites (tertiary alicyclic amines) is 1. The molecule has 1 saturated heterocycles. The highest BCUT2D eigenvalue weighted by molar-refractivity contribution is 9.10. The molecule has 1 N–H and O–H groups in total. The first-order chi connectivity index (χ1) is 9.24. The van der Waals surface area contributed by atoms with Gasteiger partial charge in [0.2, 0.25) is 0 Å². The van der Waals surface area contributed by atoms with Crippen LogP contribution >= 0.6 is 15.9 Å². The van der Waals surface area contributed by atoms with E-state index in [1.807, 2.05) is 12.3 Å². The van der Waals surface area contributed by atoms with Crippen LogP contribution in [0.4, 0.5) is 0 Å². The van der Waals surface area contributed by atoms with Crippen molar-refractivity contribution in [1.29, 1.82) is 0 Å². The lowest BCUT2D eigenvalue weighted by atomic mass is 10.1. The van der Waals surface area contributed by atoms with E-state index < -0.39 is 0 Å². The highest BCUT2D eigenvalue weighted by Crippen LogP contribution is 2.25. The molecule has 0 amide bonds. The minimum absolute atomic E-state index is 0.604. The van der Waals surface area contributed by atoms with E-state index in [1.165, 1.54) is 23.9 Å². The van der Waals surface area contributed by atoms with Crippen LogP contribution in [0.2, 0.25) is 0 Å². The maximum Gasteiger partial charge on any atom is 0.0758 e. The van der Waals surface area contributed by atoms with Crippen LogP contribution in [0.3, 0.4) is 0 Å². The topological polar surface area (TPSA) is 28.2 Å². The molecule has 4 heteroatoms. The Bertz CT molecular complexity index is 585. The molecule has 0 bridgehead atoms. The number of nitrogens with zero attached hydrogens (tertiary/aromatic N) is 2. The number of fused-ring (bicyclic) bond motifs is 1. The van der Waals surface area contributed by atoms with Gasteiger partial charge in [0, 0.05) is 35.2 Å². The van der Waals surface area contributed by atoms with Crippen molar-refractivity contribution in [1.82, 2.24) is 15.2 Å². The van der Waals surface area contributed by atoms with Crippen LogP contribution in [-0.2, 0) is 6.54 Å². The van der Waals surface area contributed by atoms with Crippen LogP contribution in [0, 0.1) is 0 Å². The third kappa shape index (κ3) is 2.81. The van der Waals surface area contributed by atoms with Crippen molar-refractivity contribution in [3.8, 4) is 0 Å². The molecule has 1 aliphatic heterocycles. The van der Waals surface area contributed by atoms with Crippen molar-refractivity contribution in [2.45, 2.75) is 19.0 Å². The molecule has 100 valence electrons. The average molecular weight is 320 g/mol. The number of hydrogen-bond donors (Lipinski definition) is 1. The Kier molecular flexibility index (Phi) is 3.82. The Morgan fingerprint density at radius 1 is 1.42 bits per heavy atom. The van der Waals surface area contributed by atoms with Gasteiger partial charge in [-0.05, 0) is 37.7 Å². The second-order valence-electron chi connectivity index (χ2n) is 5.23. The third-order valence-corrected chi connectivity index (χ3v) is 4.46. The number of aromatic nitrogens is 1. The molecule has 1 aromatic heterocycles. The van der Waals surface area contributed by atoms with Crippen molar-refractivity contribution in [2.75, 3.05) is 20.1 Å². The number of rotatable bonds is 3. The zero-order chi connectivity index (χ0) is 13.2. The van der Waals surface area contributed by atoms with E-state index in [1.54, 1.807) is 0 Å². The molecule has 0 saturated carbocycles. The summed E-state index contributed by atoms with van der Waals surface area (Å²) < 4.78 is 1.11. The van der Waals surface area contributed by atoms with Gasteiger partial charge in [-0.2, -0.15) is 0 Å². The summed E-state index contributed by atoms with van der Waals surface area (Å²) in [4.78, 5) is 6.89. The maximum atomic E-state index is 4.52. The van der Waals surface area contributed by atoms with Gasteiger partial charge < -0.3 is 10.2 Å². The molecule has 0 spiro atoms. The summed E-state index contributed by atoms with van der Waals surface area (Å²) in [5.41, 5.74) is 2.36. The molecular formula is C15H18BrN3. The fourth-order valence-electron chi connectivity index (χ4n) is 2.69. The highest BCUT2D eigenvalue weighted by atomic mass is 79.9. The number of nitrogens with one attached hydrogen (secondary N) is 1. The monoisotopic (exact) mass is 319 g/mol. The van der Waals surface area contributed by atoms with Gasteiger partial charge in [0.05, 0.1) is 5.52 Å². The van der Waals surface area contributed by atoms with Crippen molar-refractivity contribution in [3.63, 3.8) is 0 Å². The molecule has 3 rings (SSSR count). The molecule has 1 unspecified atom stereocenters. The van der Waals surface area contributed by atoms with Gasteiger partial charge in [0.1, 0.15) is 0 Å². The van der Waals surface area contributed by atoms with Gasteiger partial charge in [-0.25, -0.2) is 0 Å². The Morgan fingerprint density at radius 3 is 3.11 bits per heavy atom. The molecule has 1 atom stereocenters. The zero-order valence-corrected chi connectivity index (χ0v) is 12.7. The molecule has 2 heterocycles. The van der Waals surface area contributed by atoms with E-state index in [4.69, 9.17) is 0 Å². The first-order valence-electron chi connectivity index (χ1n) is 6.68. The van der Waals surface area contributed by atoms with Crippen LogP contribution in [0.25, 0.3) is 10.9 Å². The minimum atomic E-state index is 0.604. The average Bonchev–Trinajstić information content (AvgIpc) is 2.84. The first-order valence-corrected chi connectivity index (χ1v) is 7.47. The predicted molar refractivity (Wildman–Crippen MR) is 82.2 cm³/mol. The molecule has 3 nitrogen and oxygen atoms in total. The number of benzene rings is 1.